The number of aromatic amines is 1. The number of rotatable bonds is 6. The van der Waals surface area contributed by atoms with Crippen LogP contribution >= 0.6 is 0 Å². The first-order chi connectivity index (χ1) is 17.2. The van der Waals surface area contributed by atoms with Crippen LogP contribution in [0.2, 0.25) is 0 Å². The van der Waals surface area contributed by atoms with E-state index >= 15 is 0 Å². The summed E-state index contributed by atoms with van der Waals surface area (Å²) in [6, 6.07) is 10.5. The van der Waals surface area contributed by atoms with E-state index in [1.54, 1.807) is 41.7 Å². The molecule has 4 heterocycles. The number of halogens is 3. The third kappa shape index (κ3) is 4.10. The highest BCUT2D eigenvalue weighted by atomic mass is 19.4. The molecule has 36 heavy (non-hydrogen) atoms. The van der Waals surface area contributed by atoms with E-state index in [0.29, 0.717) is 45.7 Å². The molecule has 1 N–H and O–H groups in total. The highest BCUT2D eigenvalue weighted by molar-refractivity contribution is 6.02. The van der Waals surface area contributed by atoms with Gasteiger partial charge in [-0.25, -0.2) is 0 Å². The van der Waals surface area contributed by atoms with Gasteiger partial charge in [0.25, 0.3) is 0 Å². The number of benzene rings is 1. The number of alkyl halides is 3. The Morgan fingerprint density at radius 1 is 1.25 bits per heavy atom. The molecule has 5 rings (SSSR count). The molecule has 0 saturated carbocycles. The predicted molar refractivity (Wildman–Crippen MR) is 130 cm³/mol. The molecule has 4 aromatic rings. The molecule has 1 aliphatic rings. The Balaban J connectivity index is 1.58. The third-order valence-corrected chi connectivity index (χ3v) is 6.59. The van der Waals surface area contributed by atoms with E-state index in [1.165, 1.54) is 12.1 Å². The standard InChI is InChI=1S/C27H23F3N4O2/c1-3-22(35)34-13-10-26(34,2)16-36-21-15-31-12-9-19(21)24-23(25-20(33-24)8-5-11-32-25)17-6-4-7-18(14-17)27(28,29)30/h3-9,11-12,14-15,33H,1,10,13,16H2,2H3. The second-order valence-corrected chi connectivity index (χ2v) is 8.95. The molecule has 0 radical (unpaired) electrons. The third-order valence-electron chi connectivity index (χ3n) is 6.59. The predicted octanol–water partition coefficient (Wildman–Crippen LogP) is 5.87. The Hall–Kier alpha value is -4.14. The van der Waals surface area contributed by atoms with Gasteiger partial charge in [0.1, 0.15) is 12.4 Å². The summed E-state index contributed by atoms with van der Waals surface area (Å²) in [6.45, 7) is 6.35. The summed E-state index contributed by atoms with van der Waals surface area (Å²) in [6.07, 6.45) is 2.33. The average Bonchev–Trinajstić information content (AvgIpc) is 3.25. The number of ether oxygens (including phenoxy) is 1. The quantitative estimate of drug-likeness (QED) is 0.342. The van der Waals surface area contributed by atoms with Crippen LogP contribution in [0.3, 0.4) is 0 Å². The van der Waals surface area contributed by atoms with Crippen LogP contribution in [-0.2, 0) is 11.0 Å². The molecule has 1 unspecified atom stereocenters. The molecule has 184 valence electrons. The molecule has 0 aliphatic carbocycles. The first kappa shape index (κ1) is 23.6. The lowest BCUT2D eigenvalue weighted by Gasteiger charge is -2.49. The van der Waals surface area contributed by atoms with Gasteiger partial charge in [0.05, 0.1) is 34.0 Å². The number of nitrogens with zero attached hydrogens (tertiary/aromatic N) is 3. The van der Waals surface area contributed by atoms with Gasteiger partial charge < -0.3 is 14.6 Å². The molecule has 9 heteroatoms. The minimum Gasteiger partial charge on any atom is -0.489 e. The molecule has 0 spiro atoms. The van der Waals surface area contributed by atoms with Crippen LogP contribution < -0.4 is 4.74 Å². The highest BCUT2D eigenvalue weighted by Gasteiger charge is 2.43. The van der Waals surface area contributed by atoms with E-state index < -0.39 is 17.3 Å². The number of nitrogens with one attached hydrogen (secondary N) is 1. The number of H-pyrrole nitrogens is 1. The van der Waals surface area contributed by atoms with Crippen molar-refractivity contribution < 1.29 is 22.7 Å². The Labute approximate surface area is 205 Å². The van der Waals surface area contributed by atoms with Gasteiger partial charge in [-0.1, -0.05) is 18.7 Å². The average molecular weight is 493 g/mol. The number of fused-ring (bicyclic) bond motifs is 1. The summed E-state index contributed by atoms with van der Waals surface area (Å²) in [7, 11) is 0. The van der Waals surface area contributed by atoms with Crippen molar-refractivity contribution in [1.29, 1.82) is 0 Å². The summed E-state index contributed by atoms with van der Waals surface area (Å²) < 4.78 is 46.6. The Bertz CT molecular complexity index is 1460. The van der Waals surface area contributed by atoms with Gasteiger partial charge in [-0.2, -0.15) is 13.2 Å². The smallest absolute Gasteiger partial charge is 0.416 e. The van der Waals surface area contributed by atoms with E-state index in [-0.39, 0.29) is 12.5 Å². The molecular weight excluding hydrogens is 469 g/mol. The second-order valence-electron chi connectivity index (χ2n) is 8.95. The number of hydrogen-bond donors (Lipinski definition) is 1. The van der Waals surface area contributed by atoms with Crippen molar-refractivity contribution in [2.24, 2.45) is 0 Å². The summed E-state index contributed by atoms with van der Waals surface area (Å²) in [4.78, 5) is 25.8. The van der Waals surface area contributed by atoms with Gasteiger partial charge >= 0.3 is 6.18 Å². The first-order valence-electron chi connectivity index (χ1n) is 11.4. The van der Waals surface area contributed by atoms with Crippen molar-refractivity contribution in [2.75, 3.05) is 13.2 Å². The van der Waals surface area contributed by atoms with E-state index in [9.17, 15) is 18.0 Å². The largest absolute Gasteiger partial charge is 0.489 e. The van der Waals surface area contributed by atoms with Crippen molar-refractivity contribution in [1.82, 2.24) is 19.9 Å². The molecule has 1 saturated heterocycles. The minimum atomic E-state index is -4.48. The lowest BCUT2D eigenvalue weighted by atomic mass is 9.87. The molecule has 6 nitrogen and oxygen atoms in total. The number of hydrogen-bond acceptors (Lipinski definition) is 4. The Morgan fingerprint density at radius 3 is 2.81 bits per heavy atom. The Morgan fingerprint density at radius 2 is 2.08 bits per heavy atom. The van der Waals surface area contributed by atoms with Crippen molar-refractivity contribution in [2.45, 2.75) is 25.1 Å². The van der Waals surface area contributed by atoms with E-state index in [4.69, 9.17) is 4.74 Å². The first-order valence-corrected chi connectivity index (χ1v) is 11.4. The zero-order valence-corrected chi connectivity index (χ0v) is 19.5. The van der Waals surface area contributed by atoms with Gasteiger partial charge in [0, 0.05) is 30.1 Å². The summed E-state index contributed by atoms with van der Waals surface area (Å²) in [5.74, 6) is 0.281. The van der Waals surface area contributed by atoms with Crippen LogP contribution in [-0.4, -0.2) is 44.4 Å². The zero-order chi connectivity index (χ0) is 25.5. The Kier molecular flexibility index (Phi) is 5.78. The SMILES string of the molecule is C=CC(=O)N1CCC1(C)COc1cnccc1-c1[nH]c2cccnc2c1-c1cccc(C(F)(F)F)c1. The number of amides is 1. The van der Waals surface area contributed by atoms with Gasteiger partial charge in [-0.3, -0.25) is 14.8 Å². The van der Waals surface area contributed by atoms with Crippen molar-refractivity contribution in [3.05, 3.63) is 79.3 Å². The molecule has 1 fully saturated rings. The van der Waals surface area contributed by atoms with Gasteiger partial charge in [0.2, 0.25) is 5.91 Å². The molecule has 1 amide bonds. The van der Waals surface area contributed by atoms with Crippen LogP contribution in [0.1, 0.15) is 18.9 Å². The fourth-order valence-electron chi connectivity index (χ4n) is 4.53. The molecule has 1 aromatic carbocycles. The molecule has 0 bridgehead atoms. The van der Waals surface area contributed by atoms with E-state index in [1.807, 2.05) is 13.0 Å². The maximum atomic E-state index is 13.5. The van der Waals surface area contributed by atoms with Crippen LogP contribution in [0.15, 0.2) is 73.7 Å². The number of aromatic nitrogens is 3. The van der Waals surface area contributed by atoms with Crippen molar-refractivity contribution in [3.63, 3.8) is 0 Å². The highest BCUT2D eigenvalue weighted by Crippen LogP contribution is 2.42. The van der Waals surface area contributed by atoms with Crippen LogP contribution in [0.4, 0.5) is 13.2 Å². The zero-order valence-electron chi connectivity index (χ0n) is 19.5. The van der Waals surface area contributed by atoms with E-state index in [2.05, 4.69) is 21.5 Å². The van der Waals surface area contributed by atoms with Gasteiger partial charge in [0.15, 0.2) is 0 Å². The monoisotopic (exact) mass is 492 g/mol. The fourth-order valence-corrected chi connectivity index (χ4v) is 4.53. The van der Waals surface area contributed by atoms with Gasteiger partial charge in [-0.15, -0.1) is 0 Å². The second kappa shape index (κ2) is 8.82. The normalized spacial score (nSPS) is 17.6. The molecule has 1 atom stereocenters. The van der Waals surface area contributed by atoms with Crippen molar-refractivity contribution >= 4 is 16.9 Å². The summed E-state index contributed by atoms with van der Waals surface area (Å²) in [5, 5.41) is 0. The fraction of sp³-hybridized carbons (Fsp3) is 0.222. The van der Waals surface area contributed by atoms with Crippen LogP contribution in [0.5, 0.6) is 5.75 Å². The summed E-state index contributed by atoms with van der Waals surface area (Å²) in [5.41, 5.74) is 2.09. The maximum absolute atomic E-state index is 13.5. The lowest BCUT2D eigenvalue weighted by molar-refractivity contribution is -0.143. The van der Waals surface area contributed by atoms with Crippen LogP contribution in [0.25, 0.3) is 33.4 Å². The topological polar surface area (TPSA) is 71.1 Å². The number of likely N-dealkylation sites (tertiary alicyclic amines) is 1. The molecular formula is C27H23F3N4O2. The molecule has 1 aliphatic heterocycles. The van der Waals surface area contributed by atoms with E-state index in [0.717, 1.165) is 18.6 Å². The minimum absolute atomic E-state index is 0.160. The summed E-state index contributed by atoms with van der Waals surface area (Å²) >= 11 is 0. The maximum Gasteiger partial charge on any atom is 0.416 e. The lowest BCUT2D eigenvalue weighted by Crippen LogP contribution is -2.62. The van der Waals surface area contributed by atoms with Gasteiger partial charge in [-0.05, 0) is 55.3 Å². The number of carbonyl (C=O) groups is 1. The number of pyridine rings is 2. The van der Waals surface area contributed by atoms with Crippen molar-refractivity contribution in [3.8, 4) is 28.1 Å². The molecule has 3 aromatic heterocycles. The number of carbonyl (C=O) groups excluding carboxylic acids is 1. The van der Waals surface area contributed by atoms with Crippen LogP contribution in [0, 0.1) is 0 Å².